The van der Waals surface area contributed by atoms with E-state index in [-0.39, 0.29) is 49.1 Å². The number of piperazine rings is 1. The summed E-state index contributed by atoms with van der Waals surface area (Å²) >= 11 is 0. The first-order valence-corrected chi connectivity index (χ1v) is 15.8. The molecular formula is C34H42N4O6. The molecule has 0 spiro atoms. The largest absolute Gasteiger partial charge is 0.507 e. The van der Waals surface area contributed by atoms with Crippen molar-refractivity contribution in [1.82, 2.24) is 15.1 Å². The van der Waals surface area contributed by atoms with Gasteiger partial charge in [0, 0.05) is 53.7 Å². The van der Waals surface area contributed by atoms with Crippen molar-refractivity contribution in [2.45, 2.75) is 103 Å². The maximum absolute atomic E-state index is 12.9. The summed E-state index contributed by atoms with van der Waals surface area (Å²) in [7, 11) is 2.05. The van der Waals surface area contributed by atoms with Crippen molar-refractivity contribution in [1.29, 1.82) is 5.26 Å². The Morgan fingerprint density at radius 3 is 2.50 bits per heavy atom. The Kier molecular flexibility index (Phi) is 7.97. The Bertz CT molecular complexity index is 1560. The molecule has 234 valence electrons. The van der Waals surface area contributed by atoms with Gasteiger partial charge in [-0.15, -0.1) is 0 Å². The number of esters is 1. The van der Waals surface area contributed by atoms with Crippen LogP contribution in [-0.2, 0) is 22.4 Å². The summed E-state index contributed by atoms with van der Waals surface area (Å²) in [6.07, 6.45) is 3.18. The number of fused-ring (bicyclic) bond motifs is 9. The second-order valence-electron chi connectivity index (χ2n) is 12.6. The van der Waals surface area contributed by atoms with E-state index in [0.717, 1.165) is 39.8 Å². The summed E-state index contributed by atoms with van der Waals surface area (Å²) in [4.78, 5) is 30.2. The number of hydrogen-bond donors (Lipinski definition) is 2. The molecular weight excluding hydrogens is 560 g/mol. The van der Waals surface area contributed by atoms with Gasteiger partial charge >= 0.3 is 5.97 Å². The Morgan fingerprint density at radius 2 is 1.80 bits per heavy atom. The highest BCUT2D eigenvalue weighted by atomic mass is 16.7. The molecule has 1 unspecified atom stereocenters. The number of phenols is 1. The highest BCUT2D eigenvalue weighted by molar-refractivity contribution is 5.76. The van der Waals surface area contributed by atoms with Gasteiger partial charge in [-0.2, -0.15) is 5.26 Å². The molecule has 2 aromatic carbocycles. The molecule has 5 atom stereocenters. The minimum atomic E-state index is -0.509. The van der Waals surface area contributed by atoms with Gasteiger partial charge in [0.1, 0.15) is 17.5 Å². The standard InChI is InChI=1S/C34H42N4O6/c1-7-9-26(39)36-15-25-29-21(31(41)19(5)33-34(29)43-16-42-33)13-23-30-28-20(12-22(37(30)6)24(14-35)38(23)25)11-17(3)18(4)32(28)44-27(40)10-8-2/h11,22-25,30,41H,7-10,12-13,15-16H2,1-6H3,(H,36,39)/t22-,23?,24-,25-,30-/m0/s1. The monoisotopic (exact) mass is 602 g/mol. The van der Waals surface area contributed by atoms with Gasteiger partial charge in [0.25, 0.3) is 0 Å². The first-order chi connectivity index (χ1) is 21.1. The van der Waals surface area contributed by atoms with E-state index in [0.29, 0.717) is 54.9 Å². The quantitative estimate of drug-likeness (QED) is 0.350. The average molecular weight is 603 g/mol. The first-order valence-electron chi connectivity index (χ1n) is 15.8. The number of amides is 1. The van der Waals surface area contributed by atoms with Crippen LogP contribution in [0.5, 0.6) is 23.0 Å². The third-order valence-electron chi connectivity index (χ3n) is 10.1. The fraction of sp³-hybridized carbons (Fsp3) is 0.559. The Morgan fingerprint density at radius 1 is 1.07 bits per heavy atom. The lowest BCUT2D eigenvalue weighted by molar-refractivity contribution is -0.134. The predicted octanol–water partition coefficient (Wildman–Crippen LogP) is 4.44. The number of likely N-dealkylation sites (N-methyl/N-ethyl adjacent to an activating group) is 1. The van der Waals surface area contributed by atoms with E-state index in [1.807, 2.05) is 41.7 Å². The lowest BCUT2D eigenvalue weighted by atomic mass is 9.71. The second-order valence-corrected chi connectivity index (χ2v) is 12.6. The Hall–Kier alpha value is -3.81. The molecule has 0 radical (unpaired) electrons. The SMILES string of the molecule is CCCC(=O)NC[C@H]1c2c(c(O)c(C)c3c2OCO3)CC2[C@H]3c4c(cc(C)c(C)c4OC(=O)CCC)C[C@@H]([C@H](C#N)N21)N3C. The van der Waals surface area contributed by atoms with Crippen molar-refractivity contribution in [3.63, 3.8) is 0 Å². The lowest BCUT2D eigenvalue weighted by Gasteiger charge is -2.60. The molecule has 1 fully saturated rings. The summed E-state index contributed by atoms with van der Waals surface area (Å²) in [5, 5.41) is 25.5. The Balaban J connectivity index is 1.56. The Labute approximate surface area is 258 Å². The van der Waals surface area contributed by atoms with Crippen molar-refractivity contribution in [3.8, 4) is 29.1 Å². The van der Waals surface area contributed by atoms with E-state index in [1.165, 1.54) is 0 Å². The van der Waals surface area contributed by atoms with Gasteiger partial charge < -0.3 is 24.6 Å². The van der Waals surface area contributed by atoms with Crippen LogP contribution >= 0.6 is 0 Å². The predicted molar refractivity (Wildman–Crippen MR) is 163 cm³/mol. The summed E-state index contributed by atoms with van der Waals surface area (Å²) < 4.78 is 18.0. The van der Waals surface area contributed by atoms with Gasteiger partial charge in [-0.3, -0.25) is 19.4 Å². The lowest BCUT2D eigenvalue weighted by Crippen LogP contribution is -2.68. The number of aromatic hydroxyl groups is 1. The number of rotatable bonds is 7. The van der Waals surface area contributed by atoms with E-state index >= 15 is 0 Å². The molecule has 0 aliphatic carbocycles. The molecule has 44 heavy (non-hydrogen) atoms. The van der Waals surface area contributed by atoms with E-state index in [4.69, 9.17) is 14.2 Å². The number of phenolic OH excluding ortho intramolecular Hbond substituents is 1. The van der Waals surface area contributed by atoms with Gasteiger partial charge in [-0.1, -0.05) is 19.9 Å². The molecule has 4 heterocycles. The van der Waals surface area contributed by atoms with Crippen LogP contribution in [0.15, 0.2) is 6.07 Å². The zero-order valence-electron chi connectivity index (χ0n) is 26.5. The van der Waals surface area contributed by atoms with Gasteiger partial charge in [-0.25, -0.2) is 0 Å². The van der Waals surface area contributed by atoms with Crippen LogP contribution in [0.1, 0.15) is 90.6 Å². The van der Waals surface area contributed by atoms with Crippen molar-refractivity contribution in [3.05, 3.63) is 45.0 Å². The molecule has 0 saturated carbocycles. The molecule has 1 amide bonds. The minimum absolute atomic E-state index is 0.0402. The molecule has 10 nitrogen and oxygen atoms in total. The van der Waals surface area contributed by atoms with Crippen LogP contribution in [0.3, 0.4) is 0 Å². The zero-order chi connectivity index (χ0) is 31.4. The molecule has 2 aromatic rings. The van der Waals surface area contributed by atoms with E-state index in [1.54, 1.807) is 0 Å². The summed E-state index contributed by atoms with van der Waals surface area (Å²) in [5.74, 6) is 1.51. The van der Waals surface area contributed by atoms with Gasteiger partial charge in [0.05, 0.1) is 18.2 Å². The van der Waals surface area contributed by atoms with Crippen molar-refractivity contribution >= 4 is 11.9 Å². The molecule has 0 aromatic heterocycles. The van der Waals surface area contributed by atoms with Crippen molar-refractivity contribution in [2.75, 3.05) is 20.4 Å². The summed E-state index contributed by atoms with van der Waals surface area (Å²) in [6.45, 7) is 10.1. The van der Waals surface area contributed by atoms with E-state index in [9.17, 15) is 20.0 Å². The number of carbonyl (C=O) groups is 2. The highest BCUT2D eigenvalue weighted by Crippen LogP contribution is 2.57. The summed E-state index contributed by atoms with van der Waals surface area (Å²) in [6, 6.07) is 3.20. The third-order valence-corrected chi connectivity index (χ3v) is 10.1. The van der Waals surface area contributed by atoms with E-state index < -0.39 is 12.1 Å². The van der Waals surface area contributed by atoms with E-state index in [2.05, 4.69) is 27.3 Å². The first kappa shape index (κ1) is 30.2. The maximum atomic E-state index is 12.9. The maximum Gasteiger partial charge on any atom is 0.311 e. The third kappa shape index (κ3) is 4.60. The number of benzene rings is 2. The molecule has 4 aliphatic heterocycles. The minimum Gasteiger partial charge on any atom is -0.507 e. The highest BCUT2D eigenvalue weighted by Gasteiger charge is 2.56. The zero-order valence-corrected chi connectivity index (χ0v) is 26.5. The smallest absolute Gasteiger partial charge is 0.311 e. The molecule has 1 saturated heterocycles. The van der Waals surface area contributed by atoms with Crippen LogP contribution in [0, 0.1) is 32.1 Å². The number of nitrogens with one attached hydrogen (secondary N) is 1. The topological polar surface area (TPSA) is 124 Å². The van der Waals surface area contributed by atoms with Crippen LogP contribution in [0.25, 0.3) is 0 Å². The number of ether oxygens (including phenoxy) is 3. The van der Waals surface area contributed by atoms with Crippen molar-refractivity contribution in [2.24, 2.45) is 0 Å². The van der Waals surface area contributed by atoms with Crippen LogP contribution < -0.4 is 19.5 Å². The number of carbonyl (C=O) groups excluding carboxylic acids is 2. The normalized spacial score (nSPS) is 25.0. The number of aryl methyl sites for hydroxylation is 1. The van der Waals surface area contributed by atoms with Gasteiger partial charge in [0.15, 0.2) is 11.5 Å². The molecule has 4 aliphatic rings. The molecule has 6 rings (SSSR count). The number of hydrogen-bond acceptors (Lipinski definition) is 9. The van der Waals surface area contributed by atoms with Crippen LogP contribution in [0.2, 0.25) is 0 Å². The molecule has 2 N–H and O–H groups in total. The number of nitriles is 1. The van der Waals surface area contributed by atoms with Gasteiger partial charge in [0.2, 0.25) is 12.7 Å². The summed E-state index contributed by atoms with van der Waals surface area (Å²) in [5.41, 5.74) is 6.15. The average Bonchev–Trinajstić information content (AvgIpc) is 3.48. The van der Waals surface area contributed by atoms with Crippen LogP contribution in [-0.4, -0.2) is 65.3 Å². The molecule has 2 bridgehead atoms. The second kappa shape index (κ2) is 11.6. The molecule has 10 heteroatoms. The fourth-order valence-electron chi connectivity index (χ4n) is 7.91. The van der Waals surface area contributed by atoms with Crippen LogP contribution in [0.4, 0.5) is 0 Å². The van der Waals surface area contributed by atoms with Gasteiger partial charge in [-0.05, 0) is 70.2 Å². The van der Waals surface area contributed by atoms with Crippen molar-refractivity contribution < 1.29 is 28.9 Å². The fourth-order valence-corrected chi connectivity index (χ4v) is 7.91. The number of nitrogens with zero attached hydrogens (tertiary/aromatic N) is 3.